The monoisotopic (exact) mass is 310 g/mol. The normalized spacial score (nSPS) is 18.7. The van der Waals surface area contributed by atoms with Crippen LogP contribution in [0.25, 0.3) is 0 Å². The third kappa shape index (κ3) is 3.14. The van der Waals surface area contributed by atoms with E-state index in [0.29, 0.717) is 12.1 Å². The molecule has 0 heterocycles. The summed E-state index contributed by atoms with van der Waals surface area (Å²) in [6.07, 6.45) is 2.41. The quantitative estimate of drug-likeness (QED) is 0.897. The van der Waals surface area contributed by atoms with E-state index in [1.54, 1.807) is 0 Å². The minimum absolute atomic E-state index is 0.540. The van der Waals surface area contributed by atoms with Gasteiger partial charge in [-0.15, -0.1) is 0 Å². The van der Waals surface area contributed by atoms with Crippen molar-refractivity contribution < 1.29 is 0 Å². The Bertz CT molecular complexity index is 403. The lowest BCUT2D eigenvalue weighted by Gasteiger charge is -2.22. The van der Waals surface area contributed by atoms with Crippen LogP contribution in [0.2, 0.25) is 0 Å². The lowest BCUT2D eigenvalue weighted by molar-refractivity contribution is 0.269. The molecule has 1 aliphatic rings. The van der Waals surface area contributed by atoms with Crippen molar-refractivity contribution in [3.8, 4) is 0 Å². The van der Waals surface area contributed by atoms with Gasteiger partial charge in [-0.25, -0.2) is 0 Å². The topological polar surface area (TPSA) is 15.3 Å². The zero-order valence-electron chi connectivity index (χ0n) is 11.5. The summed E-state index contributed by atoms with van der Waals surface area (Å²) < 4.78 is 1.27. The Balaban J connectivity index is 1.89. The molecule has 18 heavy (non-hydrogen) atoms. The van der Waals surface area contributed by atoms with Crippen molar-refractivity contribution in [2.45, 2.75) is 38.8 Å². The number of rotatable bonds is 5. The van der Waals surface area contributed by atoms with Crippen molar-refractivity contribution in [1.29, 1.82) is 0 Å². The molecular formula is C15H23BrN2. The van der Waals surface area contributed by atoms with Gasteiger partial charge in [-0.3, -0.25) is 0 Å². The van der Waals surface area contributed by atoms with Crippen molar-refractivity contribution in [2.75, 3.05) is 20.1 Å². The number of benzene rings is 1. The molecule has 1 aliphatic carbocycles. The van der Waals surface area contributed by atoms with Crippen LogP contribution in [0.1, 0.15) is 37.4 Å². The molecule has 3 heteroatoms. The second-order valence-electron chi connectivity index (χ2n) is 5.43. The molecular weight excluding hydrogens is 288 g/mol. The van der Waals surface area contributed by atoms with Crippen LogP contribution in [-0.4, -0.2) is 31.1 Å². The molecule has 1 N–H and O–H groups in total. The molecule has 0 aromatic heterocycles. The summed E-state index contributed by atoms with van der Waals surface area (Å²) in [7, 11) is 2.19. The van der Waals surface area contributed by atoms with Crippen molar-refractivity contribution in [3.63, 3.8) is 0 Å². The number of hydrogen-bond donors (Lipinski definition) is 1. The van der Waals surface area contributed by atoms with Gasteiger partial charge in [-0.1, -0.05) is 28.1 Å². The molecule has 0 aliphatic heterocycles. The van der Waals surface area contributed by atoms with E-state index >= 15 is 0 Å². The number of nitrogens with zero attached hydrogens (tertiary/aromatic N) is 1. The van der Waals surface area contributed by atoms with E-state index in [4.69, 9.17) is 0 Å². The molecule has 1 aromatic carbocycles. The van der Waals surface area contributed by atoms with Crippen LogP contribution in [0, 0.1) is 0 Å². The maximum atomic E-state index is 3.69. The minimum Gasteiger partial charge on any atom is -0.309 e. The standard InChI is InChI=1S/C15H23BrN2/c1-11(2)18(3)10-9-17-15-8-7-12-13(15)5-4-6-14(12)16/h4-6,11,15,17H,7-10H2,1-3H3. The predicted molar refractivity (Wildman–Crippen MR) is 81.0 cm³/mol. The Morgan fingerprint density at radius 2 is 2.22 bits per heavy atom. The molecule has 0 radical (unpaired) electrons. The number of nitrogens with one attached hydrogen (secondary N) is 1. The fourth-order valence-corrected chi connectivity index (χ4v) is 3.07. The molecule has 1 unspecified atom stereocenters. The highest BCUT2D eigenvalue weighted by Gasteiger charge is 2.23. The van der Waals surface area contributed by atoms with E-state index in [-0.39, 0.29) is 0 Å². The second-order valence-corrected chi connectivity index (χ2v) is 6.28. The van der Waals surface area contributed by atoms with Gasteiger partial charge in [0.15, 0.2) is 0 Å². The lowest BCUT2D eigenvalue weighted by Crippen LogP contribution is -2.34. The molecule has 2 nitrogen and oxygen atoms in total. The largest absolute Gasteiger partial charge is 0.309 e. The predicted octanol–water partition coefficient (Wildman–Crippen LogP) is 3.37. The molecule has 0 bridgehead atoms. The van der Waals surface area contributed by atoms with Gasteiger partial charge >= 0.3 is 0 Å². The third-order valence-electron chi connectivity index (χ3n) is 3.95. The Labute approximate surface area is 119 Å². The van der Waals surface area contributed by atoms with Crippen LogP contribution < -0.4 is 5.32 Å². The Hall–Kier alpha value is -0.380. The Kier molecular flexibility index (Phi) is 4.82. The molecule has 0 fully saturated rings. The average molecular weight is 311 g/mol. The molecule has 0 saturated heterocycles. The van der Waals surface area contributed by atoms with Crippen molar-refractivity contribution in [1.82, 2.24) is 10.2 Å². The summed E-state index contributed by atoms with van der Waals surface area (Å²) in [5.74, 6) is 0. The summed E-state index contributed by atoms with van der Waals surface area (Å²) in [5.41, 5.74) is 2.98. The molecule has 2 rings (SSSR count). The molecule has 1 atom stereocenters. The van der Waals surface area contributed by atoms with E-state index in [0.717, 1.165) is 13.1 Å². The Morgan fingerprint density at radius 3 is 2.94 bits per heavy atom. The molecule has 0 amide bonds. The molecule has 1 aromatic rings. The van der Waals surface area contributed by atoms with E-state index in [1.807, 2.05) is 0 Å². The van der Waals surface area contributed by atoms with Gasteiger partial charge in [0, 0.05) is 29.6 Å². The van der Waals surface area contributed by atoms with Gasteiger partial charge in [0.25, 0.3) is 0 Å². The van der Waals surface area contributed by atoms with Crippen LogP contribution in [0.5, 0.6) is 0 Å². The highest BCUT2D eigenvalue weighted by atomic mass is 79.9. The van der Waals surface area contributed by atoms with Gasteiger partial charge in [-0.05, 0) is 50.9 Å². The summed E-state index contributed by atoms with van der Waals surface area (Å²) >= 11 is 3.65. The number of halogens is 1. The molecule has 0 spiro atoms. The van der Waals surface area contributed by atoms with Gasteiger partial charge in [0.05, 0.1) is 0 Å². The lowest BCUT2D eigenvalue weighted by atomic mass is 10.1. The maximum absolute atomic E-state index is 3.69. The van der Waals surface area contributed by atoms with E-state index in [9.17, 15) is 0 Å². The summed E-state index contributed by atoms with van der Waals surface area (Å²) in [6, 6.07) is 7.71. The van der Waals surface area contributed by atoms with Crippen LogP contribution >= 0.6 is 15.9 Å². The van der Waals surface area contributed by atoms with Gasteiger partial charge < -0.3 is 10.2 Å². The smallest absolute Gasteiger partial charge is 0.0327 e. The fraction of sp³-hybridized carbons (Fsp3) is 0.600. The Morgan fingerprint density at radius 1 is 1.44 bits per heavy atom. The number of hydrogen-bond acceptors (Lipinski definition) is 2. The van der Waals surface area contributed by atoms with E-state index < -0.39 is 0 Å². The molecule has 100 valence electrons. The third-order valence-corrected chi connectivity index (χ3v) is 4.69. The summed E-state index contributed by atoms with van der Waals surface area (Å²) in [5, 5.41) is 3.69. The number of fused-ring (bicyclic) bond motifs is 1. The summed E-state index contributed by atoms with van der Waals surface area (Å²) in [6.45, 7) is 6.65. The minimum atomic E-state index is 0.540. The first-order valence-electron chi connectivity index (χ1n) is 6.80. The first-order chi connectivity index (χ1) is 8.59. The van der Waals surface area contributed by atoms with Gasteiger partial charge in [0.1, 0.15) is 0 Å². The highest BCUT2D eigenvalue weighted by Crippen LogP contribution is 2.35. The first-order valence-corrected chi connectivity index (χ1v) is 7.60. The number of likely N-dealkylation sites (N-methyl/N-ethyl adjacent to an activating group) is 1. The van der Waals surface area contributed by atoms with E-state index in [1.165, 1.54) is 28.4 Å². The second kappa shape index (κ2) is 6.18. The van der Waals surface area contributed by atoms with E-state index in [2.05, 4.69) is 65.2 Å². The molecule has 0 saturated carbocycles. The fourth-order valence-electron chi connectivity index (χ4n) is 2.50. The van der Waals surface area contributed by atoms with Crippen LogP contribution in [0.3, 0.4) is 0 Å². The average Bonchev–Trinajstić information content (AvgIpc) is 2.74. The first kappa shape index (κ1) is 14.0. The van der Waals surface area contributed by atoms with Crippen LogP contribution in [0.4, 0.5) is 0 Å². The maximum Gasteiger partial charge on any atom is 0.0327 e. The van der Waals surface area contributed by atoms with Crippen molar-refractivity contribution >= 4 is 15.9 Å². The zero-order chi connectivity index (χ0) is 13.1. The highest BCUT2D eigenvalue weighted by molar-refractivity contribution is 9.10. The van der Waals surface area contributed by atoms with Crippen molar-refractivity contribution in [2.24, 2.45) is 0 Å². The zero-order valence-corrected chi connectivity index (χ0v) is 13.1. The van der Waals surface area contributed by atoms with Gasteiger partial charge in [0.2, 0.25) is 0 Å². The summed E-state index contributed by atoms with van der Waals surface area (Å²) in [4.78, 5) is 2.38. The van der Waals surface area contributed by atoms with Crippen LogP contribution in [-0.2, 0) is 6.42 Å². The van der Waals surface area contributed by atoms with Crippen LogP contribution in [0.15, 0.2) is 22.7 Å². The van der Waals surface area contributed by atoms with Gasteiger partial charge in [-0.2, -0.15) is 0 Å². The SMILES string of the molecule is CC(C)N(C)CCNC1CCc2c(Br)cccc21. The van der Waals surface area contributed by atoms with Crippen molar-refractivity contribution in [3.05, 3.63) is 33.8 Å².